The lowest BCUT2D eigenvalue weighted by atomic mass is 10.3. The lowest BCUT2D eigenvalue weighted by molar-refractivity contribution is -0.156. The van der Waals surface area contributed by atoms with E-state index in [4.69, 9.17) is 38.4 Å². The van der Waals surface area contributed by atoms with E-state index in [1.165, 1.54) is 25.1 Å². The van der Waals surface area contributed by atoms with Crippen LogP contribution in [0.15, 0.2) is 18.2 Å². The molecular formula is C12H12Cl2N2O5. The summed E-state index contributed by atoms with van der Waals surface area (Å²) in [5.74, 6) is -1.40. The van der Waals surface area contributed by atoms with Crippen LogP contribution in [-0.2, 0) is 14.3 Å². The quantitative estimate of drug-likeness (QED) is 0.793. The van der Waals surface area contributed by atoms with E-state index in [0.717, 1.165) is 0 Å². The molecule has 0 unspecified atom stereocenters. The minimum Gasteiger partial charge on any atom is -0.480 e. The number of nitrogens with one attached hydrogen (secondary N) is 1. The fourth-order valence-corrected chi connectivity index (χ4v) is 1.70. The van der Waals surface area contributed by atoms with Crippen LogP contribution in [0.25, 0.3) is 0 Å². The largest absolute Gasteiger partial charge is 0.480 e. The van der Waals surface area contributed by atoms with Gasteiger partial charge in [-0.25, -0.2) is 9.59 Å². The van der Waals surface area contributed by atoms with Crippen LogP contribution >= 0.6 is 23.2 Å². The number of nitrogens with two attached hydrogens (primary N) is 1. The van der Waals surface area contributed by atoms with Crippen molar-refractivity contribution in [2.75, 3.05) is 6.61 Å². The number of carbonyl (C=O) groups excluding carboxylic acids is 3. The molecule has 0 aliphatic rings. The zero-order valence-electron chi connectivity index (χ0n) is 10.9. The third kappa shape index (κ3) is 5.88. The second-order valence-electron chi connectivity index (χ2n) is 3.85. The lowest BCUT2D eigenvalue weighted by Gasteiger charge is -2.13. The molecule has 0 radical (unpaired) electrons. The monoisotopic (exact) mass is 334 g/mol. The van der Waals surface area contributed by atoms with E-state index in [1.54, 1.807) is 5.32 Å². The number of hydrogen-bond donors (Lipinski definition) is 2. The predicted octanol–water partition coefficient (Wildman–Crippen LogP) is 1.50. The van der Waals surface area contributed by atoms with E-state index in [0.29, 0.717) is 5.02 Å². The molecule has 1 aromatic rings. The SMILES string of the molecule is C[C@@H](OC(=O)COc1ccc(Cl)cc1Cl)C(=O)NC(N)=O. The number of ether oxygens (including phenoxy) is 2. The van der Waals surface area contributed by atoms with Crippen molar-refractivity contribution in [1.29, 1.82) is 0 Å². The predicted molar refractivity (Wildman–Crippen MR) is 75.2 cm³/mol. The number of imide groups is 1. The van der Waals surface area contributed by atoms with E-state index in [2.05, 4.69) is 0 Å². The molecule has 0 aliphatic carbocycles. The van der Waals surface area contributed by atoms with Gasteiger partial charge in [0, 0.05) is 5.02 Å². The summed E-state index contributed by atoms with van der Waals surface area (Å²) in [7, 11) is 0. The first-order valence-electron chi connectivity index (χ1n) is 5.67. The maximum Gasteiger partial charge on any atom is 0.344 e. The number of benzene rings is 1. The Bertz CT molecular complexity index is 565. The Hall–Kier alpha value is -1.99. The summed E-state index contributed by atoms with van der Waals surface area (Å²) in [6, 6.07) is 3.44. The van der Waals surface area contributed by atoms with Crippen molar-refractivity contribution in [2.24, 2.45) is 5.73 Å². The third-order valence-electron chi connectivity index (χ3n) is 2.16. The van der Waals surface area contributed by atoms with Gasteiger partial charge >= 0.3 is 12.0 Å². The van der Waals surface area contributed by atoms with E-state index in [-0.39, 0.29) is 10.8 Å². The summed E-state index contributed by atoms with van der Waals surface area (Å²) in [6.45, 7) is 0.820. The Kier molecular flexibility index (Phi) is 6.26. The van der Waals surface area contributed by atoms with E-state index < -0.39 is 30.6 Å². The first-order chi connectivity index (χ1) is 9.79. The molecule has 3 amide bonds. The van der Waals surface area contributed by atoms with Crippen molar-refractivity contribution in [2.45, 2.75) is 13.0 Å². The topological polar surface area (TPSA) is 108 Å². The van der Waals surface area contributed by atoms with Crippen molar-refractivity contribution < 1.29 is 23.9 Å². The summed E-state index contributed by atoms with van der Waals surface area (Å²) in [4.78, 5) is 33.2. The van der Waals surface area contributed by atoms with Gasteiger partial charge in [0.2, 0.25) is 0 Å². The van der Waals surface area contributed by atoms with Crippen molar-refractivity contribution in [1.82, 2.24) is 5.32 Å². The molecule has 0 aromatic heterocycles. The van der Waals surface area contributed by atoms with Crippen LogP contribution in [0, 0.1) is 0 Å². The fraction of sp³-hybridized carbons (Fsp3) is 0.250. The highest BCUT2D eigenvalue weighted by Crippen LogP contribution is 2.27. The normalized spacial score (nSPS) is 11.4. The van der Waals surface area contributed by atoms with Gasteiger partial charge in [0.05, 0.1) is 5.02 Å². The maximum atomic E-state index is 11.5. The van der Waals surface area contributed by atoms with Crippen LogP contribution in [0.3, 0.4) is 0 Å². The summed E-state index contributed by atoms with van der Waals surface area (Å²) >= 11 is 11.6. The maximum absolute atomic E-state index is 11.5. The Morgan fingerprint density at radius 1 is 1.33 bits per heavy atom. The van der Waals surface area contributed by atoms with Gasteiger partial charge in [-0.15, -0.1) is 0 Å². The molecule has 1 aromatic carbocycles. The highest BCUT2D eigenvalue weighted by atomic mass is 35.5. The Balaban J connectivity index is 2.47. The van der Waals surface area contributed by atoms with Gasteiger partial charge in [-0.3, -0.25) is 10.1 Å². The molecule has 0 saturated heterocycles. The summed E-state index contributed by atoms with van der Waals surface area (Å²) < 4.78 is 9.87. The van der Waals surface area contributed by atoms with Gasteiger partial charge in [-0.1, -0.05) is 23.2 Å². The second kappa shape index (κ2) is 7.70. The van der Waals surface area contributed by atoms with Gasteiger partial charge < -0.3 is 15.2 Å². The first-order valence-corrected chi connectivity index (χ1v) is 6.43. The van der Waals surface area contributed by atoms with E-state index in [9.17, 15) is 14.4 Å². The van der Waals surface area contributed by atoms with Crippen molar-refractivity contribution in [3.05, 3.63) is 28.2 Å². The molecule has 3 N–H and O–H groups in total. The summed E-state index contributed by atoms with van der Waals surface area (Å²) in [5, 5.41) is 2.44. The number of rotatable bonds is 5. The molecule has 0 heterocycles. The van der Waals surface area contributed by atoms with Crippen molar-refractivity contribution in [3.8, 4) is 5.75 Å². The molecule has 9 heteroatoms. The first kappa shape index (κ1) is 17.1. The zero-order valence-corrected chi connectivity index (χ0v) is 12.4. The van der Waals surface area contributed by atoms with E-state index in [1.807, 2.05) is 0 Å². The molecule has 1 atom stereocenters. The number of carbonyl (C=O) groups is 3. The minimum atomic E-state index is -1.19. The number of amides is 3. The Morgan fingerprint density at radius 3 is 2.57 bits per heavy atom. The van der Waals surface area contributed by atoms with Gasteiger partial charge in [-0.05, 0) is 25.1 Å². The molecule has 0 fully saturated rings. The molecule has 0 aliphatic heterocycles. The van der Waals surface area contributed by atoms with E-state index >= 15 is 0 Å². The average molecular weight is 335 g/mol. The highest BCUT2D eigenvalue weighted by Gasteiger charge is 2.19. The number of hydrogen-bond acceptors (Lipinski definition) is 5. The van der Waals surface area contributed by atoms with Gasteiger partial charge in [0.25, 0.3) is 5.91 Å². The highest BCUT2D eigenvalue weighted by molar-refractivity contribution is 6.35. The van der Waals surface area contributed by atoms with Crippen LogP contribution < -0.4 is 15.8 Å². The summed E-state index contributed by atoms with van der Waals surface area (Å²) in [6.07, 6.45) is -1.19. The molecule has 114 valence electrons. The van der Waals surface area contributed by atoms with Crippen molar-refractivity contribution >= 4 is 41.1 Å². The lowest BCUT2D eigenvalue weighted by Crippen LogP contribution is -2.42. The van der Waals surface area contributed by atoms with Crippen molar-refractivity contribution in [3.63, 3.8) is 0 Å². The van der Waals surface area contributed by atoms with Crippen LogP contribution in [0.5, 0.6) is 5.75 Å². The van der Waals surface area contributed by atoms with Gasteiger partial charge in [-0.2, -0.15) is 0 Å². The molecule has 1 rings (SSSR count). The average Bonchev–Trinajstić information content (AvgIpc) is 2.36. The summed E-state index contributed by atoms with van der Waals surface area (Å²) in [5.41, 5.74) is 4.76. The number of urea groups is 1. The molecule has 7 nitrogen and oxygen atoms in total. The second-order valence-corrected chi connectivity index (χ2v) is 4.69. The molecule has 21 heavy (non-hydrogen) atoms. The minimum absolute atomic E-state index is 0.231. The third-order valence-corrected chi connectivity index (χ3v) is 2.69. The number of halogens is 2. The molecule has 0 spiro atoms. The van der Waals surface area contributed by atoms with Crippen LogP contribution in [0.4, 0.5) is 4.79 Å². The Morgan fingerprint density at radius 2 is 2.00 bits per heavy atom. The fourth-order valence-electron chi connectivity index (χ4n) is 1.24. The van der Waals surface area contributed by atoms with Crippen LogP contribution in [-0.4, -0.2) is 30.6 Å². The van der Waals surface area contributed by atoms with Gasteiger partial charge in [0.15, 0.2) is 12.7 Å². The molecular weight excluding hydrogens is 323 g/mol. The Labute approximate surface area is 130 Å². The van der Waals surface area contributed by atoms with Crippen LogP contribution in [0.1, 0.15) is 6.92 Å². The number of primary amides is 1. The molecule has 0 saturated carbocycles. The zero-order chi connectivity index (χ0) is 16.0. The van der Waals surface area contributed by atoms with Crippen LogP contribution in [0.2, 0.25) is 10.0 Å². The number of esters is 1. The smallest absolute Gasteiger partial charge is 0.344 e. The van der Waals surface area contributed by atoms with Gasteiger partial charge in [0.1, 0.15) is 5.75 Å². The molecule has 0 bridgehead atoms. The standard InChI is InChI=1S/C12H12Cl2N2O5/c1-6(11(18)16-12(15)19)21-10(17)5-20-9-3-2-7(13)4-8(9)14/h2-4,6H,5H2,1H3,(H3,15,16,18,19)/t6-/m1/s1.